The molecule has 110 valence electrons. The normalized spacial score (nSPS) is 13.0. The van der Waals surface area contributed by atoms with Gasteiger partial charge in [0.05, 0.1) is 6.04 Å². The topological polar surface area (TPSA) is 61.8 Å². The zero-order valence-corrected chi connectivity index (χ0v) is 12.0. The van der Waals surface area contributed by atoms with E-state index in [4.69, 9.17) is 10.9 Å². The lowest BCUT2D eigenvalue weighted by atomic mass is 10.0. The molecular formula is C16H18FN3O. The van der Waals surface area contributed by atoms with Gasteiger partial charge in [0.2, 0.25) is 0 Å². The molecule has 1 unspecified atom stereocenters. The van der Waals surface area contributed by atoms with E-state index in [0.717, 1.165) is 5.69 Å². The van der Waals surface area contributed by atoms with Crippen molar-refractivity contribution >= 4 is 11.5 Å². The minimum Gasteiger partial charge on any atom is -0.409 e. The summed E-state index contributed by atoms with van der Waals surface area (Å²) in [6, 6.07) is 13.7. The summed E-state index contributed by atoms with van der Waals surface area (Å²) >= 11 is 0. The van der Waals surface area contributed by atoms with Crippen LogP contribution in [0, 0.1) is 5.82 Å². The molecule has 0 bridgehead atoms. The lowest BCUT2D eigenvalue weighted by molar-refractivity contribution is 0.318. The summed E-state index contributed by atoms with van der Waals surface area (Å²) in [7, 11) is 1.85. The van der Waals surface area contributed by atoms with Crippen LogP contribution in [0.2, 0.25) is 0 Å². The van der Waals surface area contributed by atoms with E-state index in [2.05, 4.69) is 5.16 Å². The van der Waals surface area contributed by atoms with Crippen LogP contribution >= 0.6 is 0 Å². The molecule has 0 aliphatic heterocycles. The van der Waals surface area contributed by atoms with Crippen molar-refractivity contribution in [3.05, 3.63) is 65.5 Å². The van der Waals surface area contributed by atoms with Gasteiger partial charge in [0, 0.05) is 23.9 Å². The molecule has 0 aromatic heterocycles. The highest BCUT2D eigenvalue weighted by Crippen LogP contribution is 2.29. The molecule has 0 saturated heterocycles. The first kappa shape index (κ1) is 14.8. The van der Waals surface area contributed by atoms with Gasteiger partial charge in [-0.1, -0.05) is 35.5 Å². The molecule has 4 nitrogen and oxygen atoms in total. The molecule has 2 aromatic rings. The van der Waals surface area contributed by atoms with Gasteiger partial charge in [-0.25, -0.2) is 4.39 Å². The van der Waals surface area contributed by atoms with Crippen LogP contribution in [0.5, 0.6) is 0 Å². The predicted molar refractivity (Wildman–Crippen MR) is 82.2 cm³/mol. The lowest BCUT2D eigenvalue weighted by Gasteiger charge is -2.29. The molecule has 5 heteroatoms. The van der Waals surface area contributed by atoms with Gasteiger partial charge in [-0.15, -0.1) is 0 Å². The molecular weight excluding hydrogens is 269 g/mol. The first-order valence-corrected chi connectivity index (χ1v) is 6.60. The van der Waals surface area contributed by atoms with Crippen LogP contribution in [0.15, 0.2) is 53.7 Å². The Morgan fingerprint density at radius 2 is 1.81 bits per heavy atom. The number of hydrogen-bond acceptors (Lipinski definition) is 3. The number of hydrogen-bond donors (Lipinski definition) is 2. The smallest absolute Gasteiger partial charge is 0.172 e. The maximum absolute atomic E-state index is 13.9. The second-order valence-electron chi connectivity index (χ2n) is 4.81. The minimum absolute atomic E-state index is 0.0261. The number of amidine groups is 1. The van der Waals surface area contributed by atoms with Crippen LogP contribution in [0.1, 0.15) is 24.1 Å². The number of para-hydroxylation sites is 1. The first-order chi connectivity index (χ1) is 10.1. The SMILES string of the molecule is CC(c1ccccc1F)N(C)c1ccccc1C(N)=NO. The van der Waals surface area contributed by atoms with Crippen LogP contribution < -0.4 is 10.6 Å². The van der Waals surface area contributed by atoms with Gasteiger partial charge in [0.25, 0.3) is 0 Å². The van der Waals surface area contributed by atoms with Crippen LogP contribution in [0.3, 0.4) is 0 Å². The molecule has 0 spiro atoms. The Hall–Kier alpha value is -2.56. The number of rotatable bonds is 4. The van der Waals surface area contributed by atoms with Gasteiger partial charge in [-0.3, -0.25) is 0 Å². The van der Waals surface area contributed by atoms with Gasteiger partial charge in [-0.2, -0.15) is 0 Å². The zero-order valence-electron chi connectivity index (χ0n) is 12.0. The summed E-state index contributed by atoms with van der Waals surface area (Å²) in [6.07, 6.45) is 0. The molecule has 0 amide bonds. The third kappa shape index (κ3) is 2.97. The van der Waals surface area contributed by atoms with Crippen molar-refractivity contribution in [1.29, 1.82) is 0 Å². The second kappa shape index (κ2) is 6.26. The standard InChI is InChI=1S/C16H18FN3O/c1-11(12-7-3-5-9-14(12)17)20(2)15-10-6-4-8-13(15)16(18)19-21/h3-11,21H,1-2H3,(H2,18,19). The Labute approximate surface area is 123 Å². The first-order valence-electron chi connectivity index (χ1n) is 6.60. The predicted octanol–water partition coefficient (Wildman–Crippen LogP) is 3.12. The van der Waals surface area contributed by atoms with E-state index in [9.17, 15) is 4.39 Å². The second-order valence-corrected chi connectivity index (χ2v) is 4.81. The van der Waals surface area contributed by atoms with Gasteiger partial charge >= 0.3 is 0 Å². The average Bonchev–Trinajstić information content (AvgIpc) is 2.53. The van der Waals surface area contributed by atoms with Crippen molar-refractivity contribution in [3.8, 4) is 0 Å². The van der Waals surface area contributed by atoms with Crippen molar-refractivity contribution in [2.24, 2.45) is 10.9 Å². The van der Waals surface area contributed by atoms with E-state index >= 15 is 0 Å². The summed E-state index contributed by atoms with van der Waals surface area (Å²) in [5.74, 6) is -0.226. The largest absolute Gasteiger partial charge is 0.409 e. The van der Waals surface area contributed by atoms with E-state index in [-0.39, 0.29) is 17.7 Å². The molecule has 0 fully saturated rings. The van der Waals surface area contributed by atoms with Crippen molar-refractivity contribution < 1.29 is 9.60 Å². The summed E-state index contributed by atoms with van der Waals surface area (Å²) in [4.78, 5) is 1.89. The number of benzene rings is 2. The zero-order chi connectivity index (χ0) is 15.4. The van der Waals surface area contributed by atoms with Gasteiger partial charge in [0.1, 0.15) is 5.82 Å². The molecule has 2 aromatic carbocycles. The molecule has 1 atom stereocenters. The highest BCUT2D eigenvalue weighted by Gasteiger charge is 2.19. The minimum atomic E-state index is -0.252. The van der Waals surface area contributed by atoms with E-state index in [1.54, 1.807) is 30.3 Å². The number of anilines is 1. The maximum Gasteiger partial charge on any atom is 0.172 e. The van der Waals surface area contributed by atoms with Crippen molar-refractivity contribution in [2.45, 2.75) is 13.0 Å². The Bertz CT molecular complexity index is 657. The van der Waals surface area contributed by atoms with E-state index in [0.29, 0.717) is 11.1 Å². The third-order valence-corrected chi connectivity index (χ3v) is 3.60. The maximum atomic E-state index is 13.9. The van der Waals surface area contributed by atoms with Crippen molar-refractivity contribution in [3.63, 3.8) is 0 Å². The Morgan fingerprint density at radius 1 is 1.19 bits per heavy atom. The summed E-state index contributed by atoms with van der Waals surface area (Å²) in [5.41, 5.74) is 7.66. The summed E-state index contributed by atoms with van der Waals surface area (Å²) < 4.78 is 13.9. The fraction of sp³-hybridized carbons (Fsp3) is 0.188. The molecule has 2 rings (SSSR count). The monoisotopic (exact) mass is 287 g/mol. The fourth-order valence-electron chi connectivity index (χ4n) is 2.28. The molecule has 0 aliphatic rings. The van der Waals surface area contributed by atoms with E-state index < -0.39 is 0 Å². The number of nitrogens with two attached hydrogens (primary N) is 1. The quantitative estimate of drug-likeness (QED) is 0.393. The Balaban J connectivity index is 2.41. The number of nitrogens with zero attached hydrogens (tertiary/aromatic N) is 2. The third-order valence-electron chi connectivity index (χ3n) is 3.60. The van der Waals surface area contributed by atoms with Crippen molar-refractivity contribution in [1.82, 2.24) is 0 Å². The van der Waals surface area contributed by atoms with Crippen LogP contribution in [-0.2, 0) is 0 Å². The molecule has 3 N–H and O–H groups in total. The van der Waals surface area contributed by atoms with Gasteiger partial charge < -0.3 is 15.8 Å². The van der Waals surface area contributed by atoms with Crippen molar-refractivity contribution in [2.75, 3.05) is 11.9 Å². The highest BCUT2D eigenvalue weighted by molar-refractivity contribution is 6.02. The molecule has 21 heavy (non-hydrogen) atoms. The van der Waals surface area contributed by atoms with Crippen LogP contribution in [0.25, 0.3) is 0 Å². The van der Waals surface area contributed by atoms with E-state index in [1.807, 2.05) is 31.0 Å². The highest BCUT2D eigenvalue weighted by atomic mass is 19.1. The molecule has 0 saturated carbocycles. The summed E-state index contributed by atoms with van der Waals surface area (Å²) in [5, 5.41) is 11.9. The molecule has 0 aliphatic carbocycles. The summed E-state index contributed by atoms with van der Waals surface area (Å²) in [6.45, 7) is 1.90. The van der Waals surface area contributed by atoms with Crippen LogP contribution in [0.4, 0.5) is 10.1 Å². The Morgan fingerprint density at radius 3 is 2.48 bits per heavy atom. The fourth-order valence-corrected chi connectivity index (χ4v) is 2.28. The van der Waals surface area contributed by atoms with E-state index in [1.165, 1.54) is 6.07 Å². The lowest BCUT2D eigenvalue weighted by Crippen LogP contribution is -2.26. The van der Waals surface area contributed by atoms with Gasteiger partial charge in [-0.05, 0) is 25.1 Å². The van der Waals surface area contributed by atoms with Crippen LogP contribution in [-0.4, -0.2) is 18.1 Å². The van der Waals surface area contributed by atoms with Gasteiger partial charge in [0.15, 0.2) is 5.84 Å². The molecule has 0 heterocycles. The average molecular weight is 287 g/mol. The number of halogens is 1. The number of oxime groups is 1. The molecule has 0 radical (unpaired) electrons. The Kier molecular flexibility index (Phi) is 4.42.